The molecule has 2 aromatic rings. The molecule has 0 spiro atoms. The zero-order chi connectivity index (χ0) is 13.2. The van der Waals surface area contributed by atoms with E-state index in [0.29, 0.717) is 5.92 Å². The molecule has 0 amide bonds. The van der Waals surface area contributed by atoms with E-state index < -0.39 is 0 Å². The summed E-state index contributed by atoms with van der Waals surface area (Å²) < 4.78 is 0. The van der Waals surface area contributed by atoms with Gasteiger partial charge in [-0.1, -0.05) is 44.0 Å². The minimum absolute atomic E-state index is 0.0901. The normalized spacial score (nSPS) is 25.4. The second kappa shape index (κ2) is 5.30. The Hall–Kier alpha value is -1.41. The van der Waals surface area contributed by atoms with E-state index in [2.05, 4.69) is 31.2 Å². The average Bonchev–Trinajstić information content (AvgIpc) is 2.46. The van der Waals surface area contributed by atoms with Gasteiger partial charge in [0.25, 0.3) is 0 Å². The molecule has 0 aliphatic heterocycles. The molecule has 2 N–H and O–H groups in total. The molecule has 3 unspecified atom stereocenters. The average molecular weight is 254 g/mol. The molecule has 2 heteroatoms. The maximum atomic E-state index is 6.46. The molecule has 3 rings (SSSR count). The van der Waals surface area contributed by atoms with Crippen molar-refractivity contribution in [2.75, 3.05) is 0 Å². The lowest BCUT2D eigenvalue weighted by Gasteiger charge is -2.31. The van der Waals surface area contributed by atoms with Gasteiger partial charge in [0, 0.05) is 11.4 Å². The Morgan fingerprint density at radius 2 is 2.00 bits per heavy atom. The fourth-order valence-electron chi connectivity index (χ4n) is 3.32. The number of para-hydroxylation sites is 1. The Balaban J connectivity index is 1.86. The van der Waals surface area contributed by atoms with Crippen molar-refractivity contribution < 1.29 is 0 Å². The SMILES string of the molecule is CC1CCCC(C(N)c2ccc3ccccc3n2)C1. The van der Waals surface area contributed by atoms with Crippen LogP contribution < -0.4 is 5.73 Å². The van der Waals surface area contributed by atoms with Gasteiger partial charge in [-0.25, -0.2) is 0 Å². The Labute approximate surface area is 115 Å². The van der Waals surface area contributed by atoms with Gasteiger partial charge in [-0.3, -0.25) is 4.98 Å². The van der Waals surface area contributed by atoms with Gasteiger partial charge in [-0.15, -0.1) is 0 Å². The van der Waals surface area contributed by atoms with E-state index >= 15 is 0 Å². The Bertz CT molecular complexity index is 564. The molecule has 2 nitrogen and oxygen atoms in total. The maximum absolute atomic E-state index is 6.46. The molecular weight excluding hydrogens is 232 g/mol. The summed E-state index contributed by atoms with van der Waals surface area (Å²) in [6, 6.07) is 12.6. The highest BCUT2D eigenvalue weighted by Crippen LogP contribution is 2.35. The van der Waals surface area contributed by atoms with Gasteiger partial charge in [-0.2, -0.15) is 0 Å². The third-order valence-corrected chi connectivity index (χ3v) is 4.45. The quantitative estimate of drug-likeness (QED) is 0.877. The van der Waals surface area contributed by atoms with E-state index in [4.69, 9.17) is 10.7 Å². The number of hydrogen-bond donors (Lipinski definition) is 1. The van der Waals surface area contributed by atoms with Gasteiger partial charge in [0.05, 0.1) is 11.2 Å². The van der Waals surface area contributed by atoms with E-state index in [0.717, 1.165) is 17.1 Å². The molecule has 100 valence electrons. The lowest BCUT2D eigenvalue weighted by Crippen LogP contribution is -2.26. The predicted molar refractivity (Wildman–Crippen MR) is 79.8 cm³/mol. The van der Waals surface area contributed by atoms with Crippen molar-refractivity contribution in [2.24, 2.45) is 17.6 Å². The van der Waals surface area contributed by atoms with Gasteiger partial charge in [0.15, 0.2) is 0 Å². The van der Waals surface area contributed by atoms with Gasteiger partial charge in [0.2, 0.25) is 0 Å². The fourth-order valence-corrected chi connectivity index (χ4v) is 3.32. The summed E-state index contributed by atoms with van der Waals surface area (Å²) in [5, 5.41) is 1.19. The minimum atomic E-state index is 0.0901. The van der Waals surface area contributed by atoms with Gasteiger partial charge < -0.3 is 5.73 Å². The predicted octanol–water partition coefficient (Wildman–Crippen LogP) is 4.06. The third kappa shape index (κ3) is 2.64. The zero-order valence-electron chi connectivity index (χ0n) is 11.5. The Morgan fingerprint density at radius 1 is 1.16 bits per heavy atom. The fraction of sp³-hybridized carbons (Fsp3) is 0.471. The smallest absolute Gasteiger partial charge is 0.0706 e. The molecule has 19 heavy (non-hydrogen) atoms. The van der Waals surface area contributed by atoms with Crippen LogP contribution in [0.1, 0.15) is 44.3 Å². The largest absolute Gasteiger partial charge is 0.322 e. The van der Waals surface area contributed by atoms with E-state index in [-0.39, 0.29) is 6.04 Å². The van der Waals surface area contributed by atoms with Crippen molar-refractivity contribution in [1.82, 2.24) is 4.98 Å². The van der Waals surface area contributed by atoms with Crippen LogP contribution in [0.4, 0.5) is 0 Å². The first-order chi connectivity index (χ1) is 9.24. The minimum Gasteiger partial charge on any atom is -0.322 e. The summed E-state index contributed by atoms with van der Waals surface area (Å²) in [6.07, 6.45) is 5.16. The number of aromatic nitrogens is 1. The topological polar surface area (TPSA) is 38.9 Å². The molecule has 1 aliphatic carbocycles. The molecular formula is C17H22N2. The van der Waals surface area contributed by atoms with Crippen molar-refractivity contribution in [3.05, 3.63) is 42.1 Å². The molecule has 1 saturated carbocycles. The molecule has 0 radical (unpaired) electrons. The molecule has 1 aliphatic rings. The first kappa shape index (κ1) is 12.6. The highest BCUT2D eigenvalue weighted by atomic mass is 14.8. The first-order valence-electron chi connectivity index (χ1n) is 7.35. The molecule has 3 atom stereocenters. The van der Waals surface area contributed by atoms with Crippen molar-refractivity contribution in [3.63, 3.8) is 0 Å². The van der Waals surface area contributed by atoms with Crippen molar-refractivity contribution in [3.8, 4) is 0 Å². The van der Waals surface area contributed by atoms with Crippen molar-refractivity contribution >= 4 is 10.9 Å². The number of hydrogen-bond acceptors (Lipinski definition) is 2. The van der Waals surface area contributed by atoms with Crippen LogP contribution in [0.5, 0.6) is 0 Å². The number of benzene rings is 1. The standard InChI is InChI=1S/C17H22N2/c1-12-5-4-7-14(11-12)17(18)16-10-9-13-6-2-3-8-15(13)19-16/h2-3,6,8-10,12,14,17H,4-5,7,11,18H2,1H3. The summed E-state index contributed by atoms with van der Waals surface area (Å²) in [7, 11) is 0. The highest BCUT2D eigenvalue weighted by molar-refractivity contribution is 5.78. The summed E-state index contributed by atoms with van der Waals surface area (Å²) in [5.41, 5.74) is 8.57. The number of fused-ring (bicyclic) bond motifs is 1. The van der Waals surface area contributed by atoms with E-state index in [1.165, 1.54) is 31.1 Å². The zero-order valence-corrected chi connectivity index (χ0v) is 11.5. The van der Waals surface area contributed by atoms with Crippen LogP contribution in [-0.2, 0) is 0 Å². The number of nitrogens with zero attached hydrogens (tertiary/aromatic N) is 1. The summed E-state index contributed by atoms with van der Waals surface area (Å²) >= 11 is 0. The lowest BCUT2D eigenvalue weighted by atomic mass is 9.78. The molecule has 1 aromatic carbocycles. The Kier molecular flexibility index (Phi) is 3.52. The molecule has 1 aromatic heterocycles. The molecule has 1 heterocycles. The van der Waals surface area contributed by atoms with Gasteiger partial charge >= 0.3 is 0 Å². The lowest BCUT2D eigenvalue weighted by molar-refractivity contribution is 0.246. The summed E-state index contributed by atoms with van der Waals surface area (Å²) in [5.74, 6) is 1.41. The van der Waals surface area contributed by atoms with E-state index in [1.54, 1.807) is 0 Å². The number of pyridine rings is 1. The van der Waals surface area contributed by atoms with Crippen LogP contribution >= 0.6 is 0 Å². The van der Waals surface area contributed by atoms with Crippen LogP contribution in [0.2, 0.25) is 0 Å². The summed E-state index contributed by atoms with van der Waals surface area (Å²) in [4.78, 5) is 4.75. The molecule has 0 bridgehead atoms. The second-order valence-corrected chi connectivity index (χ2v) is 5.99. The number of nitrogens with two attached hydrogens (primary N) is 1. The van der Waals surface area contributed by atoms with E-state index in [9.17, 15) is 0 Å². The second-order valence-electron chi connectivity index (χ2n) is 5.99. The molecule has 1 fully saturated rings. The van der Waals surface area contributed by atoms with Crippen molar-refractivity contribution in [2.45, 2.75) is 38.6 Å². The van der Waals surface area contributed by atoms with Gasteiger partial charge in [-0.05, 0) is 36.8 Å². The van der Waals surface area contributed by atoms with E-state index in [1.807, 2.05) is 12.1 Å². The van der Waals surface area contributed by atoms with Crippen LogP contribution in [0.15, 0.2) is 36.4 Å². The summed E-state index contributed by atoms with van der Waals surface area (Å²) in [6.45, 7) is 2.34. The Morgan fingerprint density at radius 3 is 2.84 bits per heavy atom. The van der Waals surface area contributed by atoms with Crippen molar-refractivity contribution in [1.29, 1.82) is 0 Å². The highest BCUT2D eigenvalue weighted by Gasteiger charge is 2.26. The van der Waals surface area contributed by atoms with Crippen LogP contribution in [0, 0.1) is 11.8 Å². The van der Waals surface area contributed by atoms with Gasteiger partial charge in [0.1, 0.15) is 0 Å². The van der Waals surface area contributed by atoms with Crippen LogP contribution in [-0.4, -0.2) is 4.98 Å². The van der Waals surface area contributed by atoms with Crippen LogP contribution in [0.3, 0.4) is 0 Å². The maximum Gasteiger partial charge on any atom is 0.0706 e. The van der Waals surface area contributed by atoms with Crippen LogP contribution in [0.25, 0.3) is 10.9 Å². The first-order valence-corrected chi connectivity index (χ1v) is 7.35. The third-order valence-electron chi connectivity index (χ3n) is 4.45. The monoisotopic (exact) mass is 254 g/mol. The molecule has 0 saturated heterocycles. The number of rotatable bonds is 2.